The minimum atomic E-state index is 0.299. The zero-order valence-corrected chi connectivity index (χ0v) is 20.7. The van der Waals surface area contributed by atoms with Gasteiger partial charge in [0, 0.05) is 15.6 Å². The number of nitrogens with zero attached hydrogens (tertiary/aromatic N) is 2. The van der Waals surface area contributed by atoms with Crippen molar-refractivity contribution in [2.45, 2.75) is 13.5 Å². The number of aromatic nitrogens is 2. The third-order valence-corrected chi connectivity index (χ3v) is 5.88. The average Bonchev–Trinajstić information content (AvgIpc) is 3.17. The number of nitrogens with one attached hydrogen (secondary N) is 2. The lowest BCUT2D eigenvalue weighted by Gasteiger charge is -2.15. The lowest BCUT2D eigenvalue weighted by Crippen LogP contribution is -2.03. The number of rotatable bonds is 8. The molecule has 1 heterocycles. The van der Waals surface area contributed by atoms with Crippen molar-refractivity contribution < 1.29 is 9.47 Å². The second-order valence-corrected chi connectivity index (χ2v) is 8.77. The van der Waals surface area contributed by atoms with Crippen molar-refractivity contribution in [1.29, 1.82) is 0 Å². The van der Waals surface area contributed by atoms with E-state index >= 15 is 0 Å². The normalized spacial score (nSPS) is 11.2. The van der Waals surface area contributed by atoms with Crippen LogP contribution in [-0.4, -0.2) is 22.8 Å². The first-order valence-corrected chi connectivity index (χ1v) is 11.6. The van der Waals surface area contributed by atoms with Gasteiger partial charge in [-0.2, -0.15) is 5.10 Å². The molecule has 0 unspecified atom stereocenters. The second kappa shape index (κ2) is 10.4. The van der Waals surface area contributed by atoms with E-state index in [0.29, 0.717) is 40.7 Å². The van der Waals surface area contributed by atoms with Gasteiger partial charge in [0.2, 0.25) is 5.95 Å². The van der Waals surface area contributed by atoms with Crippen molar-refractivity contribution in [3.8, 4) is 11.5 Å². The van der Waals surface area contributed by atoms with Crippen molar-refractivity contribution >= 4 is 69.0 Å². The van der Waals surface area contributed by atoms with Gasteiger partial charge in [-0.15, -0.1) is 0 Å². The molecule has 1 aromatic heterocycles. The lowest BCUT2D eigenvalue weighted by molar-refractivity contribution is 0.267. The summed E-state index contributed by atoms with van der Waals surface area (Å²) in [6, 6.07) is 17.0. The molecule has 0 saturated heterocycles. The van der Waals surface area contributed by atoms with Crippen LogP contribution < -0.4 is 14.9 Å². The molecule has 0 saturated carbocycles. The zero-order chi connectivity index (χ0) is 22.5. The third kappa shape index (κ3) is 5.46. The van der Waals surface area contributed by atoms with Gasteiger partial charge < -0.3 is 14.5 Å². The van der Waals surface area contributed by atoms with Crippen molar-refractivity contribution in [3.05, 3.63) is 79.3 Å². The standard InChI is InChI=1S/C23H19Cl2IN4O2/c1-2-31-21-10-14(12-27-30-23-28-19-5-3-4-6-20(19)29-23)9-18(26)22(21)32-13-15-7-8-16(24)11-17(15)25/h3-12H,2,13H2,1H3,(H2,28,29,30)/b27-12+. The summed E-state index contributed by atoms with van der Waals surface area (Å²) >= 11 is 14.5. The van der Waals surface area contributed by atoms with Crippen LogP contribution in [0.3, 0.4) is 0 Å². The smallest absolute Gasteiger partial charge is 0.222 e. The minimum absolute atomic E-state index is 0.299. The minimum Gasteiger partial charge on any atom is -0.490 e. The van der Waals surface area contributed by atoms with E-state index in [0.717, 1.165) is 25.7 Å². The van der Waals surface area contributed by atoms with Crippen LogP contribution in [0.5, 0.6) is 11.5 Å². The van der Waals surface area contributed by atoms with Gasteiger partial charge in [0.25, 0.3) is 0 Å². The van der Waals surface area contributed by atoms with Gasteiger partial charge in [0.1, 0.15) is 6.61 Å². The van der Waals surface area contributed by atoms with Gasteiger partial charge in [-0.05, 0) is 71.5 Å². The summed E-state index contributed by atoms with van der Waals surface area (Å²) in [6.07, 6.45) is 1.71. The Morgan fingerprint density at radius 2 is 1.97 bits per heavy atom. The van der Waals surface area contributed by atoms with Gasteiger partial charge in [-0.1, -0.05) is 41.4 Å². The van der Waals surface area contributed by atoms with E-state index in [1.807, 2.05) is 49.4 Å². The molecule has 9 heteroatoms. The molecule has 3 aromatic carbocycles. The molecule has 32 heavy (non-hydrogen) atoms. The molecule has 0 aliphatic heterocycles. The Kier molecular flexibility index (Phi) is 7.39. The number of aromatic amines is 1. The number of para-hydroxylation sites is 2. The number of benzene rings is 3. The Morgan fingerprint density at radius 1 is 1.12 bits per heavy atom. The topological polar surface area (TPSA) is 71.5 Å². The highest BCUT2D eigenvalue weighted by atomic mass is 127. The Morgan fingerprint density at radius 3 is 2.75 bits per heavy atom. The van der Waals surface area contributed by atoms with Crippen molar-refractivity contribution in [2.75, 3.05) is 12.0 Å². The molecule has 0 aliphatic carbocycles. The number of anilines is 1. The molecule has 0 bridgehead atoms. The Hall–Kier alpha value is -2.49. The first kappa shape index (κ1) is 22.7. The summed E-state index contributed by atoms with van der Waals surface area (Å²) in [7, 11) is 0. The highest BCUT2D eigenvalue weighted by molar-refractivity contribution is 14.1. The average molecular weight is 581 g/mol. The SMILES string of the molecule is CCOc1cc(/C=N/Nc2nc3ccccc3[nH]2)cc(I)c1OCc1ccc(Cl)cc1Cl. The fraction of sp³-hybridized carbons (Fsp3) is 0.130. The van der Waals surface area contributed by atoms with Crippen LogP contribution in [0.15, 0.2) is 59.7 Å². The van der Waals surface area contributed by atoms with Gasteiger partial charge >= 0.3 is 0 Å². The van der Waals surface area contributed by atoms with E-state index in [9.17, 15) is 0 Å². The molecule has 0 amide bonds. The first-order valence-electron chi connectivity index (χ1n) is 9.80. The fourth-order valence-corrected chi connectivity index (χ4v) is 4.27. The molecule has 4 aromatic rings. The number of hydrogen-bond donors (Lipinski definition) is 2. The maximum absolute atomic E-state index is 6.27. The third-order valence-electron chi connectivity index (χ3n) is 4.49. The molecule has 0 radical (unpaired) electrons. The van der Waals surface area contributed by atoms with Crippen LogP contribution in [0, 0.1) is 3.57 Å². The molecule has 6 nitrogen and oxygen atoms in total. The van der Waals surface area contributed by atoms with E-state index in [4.69, 9.17) is 32.7 Å². The highest BCUT2D eigenvalue weighted by Gasteiger charge is 2.13. The summed E-state index contributed by atoms with van der Waals surface area (Å²) < 4.78 is 12.8. The van der Waals surface area contributed by atoms with Crippen molar-refractivity contribution in [2.24, 2.45) is 5.10 Å². The molecule has 0 atom stereocenters. The van der Waals surface area contributed by atoms with E-state index in [1.54, 1.807) is 18.3 Å². The highest BCUT2D eigenvalue weighted by Crippen LogP contribution is 2.35. The van der Waals surface area contributed by atoms with Gasteiger partial charge in [0.05, 0.1) is 27.4 Å². The van der Waals surface area contributed by atoms with Crippen LogP contribution >= 0.6 is 45.8 Å². The van der Waals surface area contributed by atoms with E-state index in [2.05, 4.69) is 43.1 Å². The molecule has 4 rings (SSSR count). The number of imidazole rings is 1. The van der Waals surface area contributed by atoms with Crippen LogP contribution in [0.1, 0.15) is 18.1 Å². The second-order valence-electron chi connectivity index (χ2n) is 6.76. The largest absolute Gasteiger partial charge is 0.490 e. The van der Waals surface area contributed by atoms with Crippen LogP contribution in [0.4, 0.5) is 5.95 Å². The molecule has 0 fully saturated rings. The fourth-order valence-electron chi connectivity index (χ4n) is 3.03. The number of halogens is 3. The zero-order valence-electron chi connectivity index (χ0n) is 17.0. The Bertz CT molecular complexity index is 1240. The van der Waals surface area contributed by atoms with Crippen LogP contribution in [0.2, 0.25) is 10.0 Å². The number of hydrazone groups is 1. The molecular weight excluding hydrogens is 562 g/mol. The summed E-state index contributed by atoms with van der Waals surface area (Å²) in [4.78, 5) is 7.62. The number of ether oxygens (including phenoxy) is 2. The molecular formula is C23H19Cl2IN4O2. The summed E-state index contributed by atoms with van der Waals surface area (Å²) in [5, 5.41) is 5.44. The quantitative estimate of drug-likeness (QED) is 0.135. The van der Waals surface area contributed by atoms with E-state index < -0.39 is 0 Å². The first-order chi connectivity index (χ1) is 15.5. The summed E-state index contributed by atoms with van der Waals surface area (Å²) in [5.41, 5.74) is 6.45. The Balaban J connectivity index is 1.50. The number of H-pyrrole nitrogens is 1. The van der Waals surface area contributed by atoms with Crippen molar-refractivity contribution in [3.63, 3.8) is 0 Å². The Labute approximate surface area is 209 Å². The van der Waals surface area contributed by atoms with Crippen molar-refractivity contribution in [1.82, 2.24) is 9.97 Å². The molecule has 0 aliphatic rings. The van der Waals surface area contributed by atoms with Gasteiger partial charge in [-0.3, -0.25) is 0 Å². The summed E-state index contributed by atoms with van der Waals surface area (Å²) in [5.74, 6) is 1.86. The molecule has 0 spiro atoms. The number of fused-ring (bicyclic) bond motifs is 1. The van der Waals surface area contributed by atoms with Crippen LogP contribution in [-0.2, 0) is 6.61 Å². The predicted molar refractivity (Wildman–Crippen MR) is 138 cm³/mol. The maximum Gasteiger partial charge on any atom is 0.222 e. The van der Waals surface area contributed by atoms with Gasteiger partial charge in [0.15, 0.2) is 11.5 Å². The molecule has 164 valence electrons. The van der Waals surface area contributed by atoms with Gasteiger partial charge in [-0.25, -0.2) is 10.4 Å². The number of hydrogen-bond acceptors (Lipinski definition) is 5. The maximum atomic E-state index is 6.27. The van der Waals surface area contributed by atoms with Crippen LogP contribution in [0.25, 0.3) is 11.0 Å². The monoisotopic (exact) mass is 580 g/mol. The molecule has 2 N–H and O–H groups in total. The lowest BCUT2D eigenvalue weighted by atomic mass is 10.2. The van der Waals surface area contributed by atoms with E-state index in [-0.39, 0.29) is 0 Å². The predicted octanol–water partition coefficient (Wildman–Crippen LogP) is 6.90. The summed E-state index contributed by atoms with van der Waals surface area (Å²) in [6.45, 7) is 2.73. The van der Waals surface area contributed by atoms with E-state index in [1.165, 1.54) is 0 Å².